The number of benzene rings is 2. The number of carbonyl (C=O) groups excluding carboxylic acids is 2. The third kappa shape index (κ3) is 7.14. The van der Waals surface area contributed by atoms with E-state index in [1.807, 2.05) is 51.1 Å². The van der Waals surface area contributed by atoms with E-state index in [0.717, 1.165) is 5.56 Å². The molecule has 0 radical (unpaired) electrons. The van der Waals surface area contributed by atoms with Gasteiger partial charge in [-0.2, -0.15) is 0 Å². The van der Waals surface area contributed by atoms with Crippen LogP contribution >= 0.6 is 0 Å². The summed E-state index contributed by atoms with van der Waals surface area (Å²) in [5.74, 6) is 0.805. The van der Waals surface area contributed by atoms with Crippen LogP contribution in [0.4, 0.5) is 0 Å². The number of hydrogen-bond donors (Lipinski definition) is 1. The van der Waals surface area contributed by atoms with Crippen molar-refractivity contribution in [1.29, 1.82) is 0 Å². The number of methoxy groups -OCH3 is 1. The molecule has 0 aliphatic rings. The van der Waals surface area contributed by atoms with Gasteiger partial charge in [0.25, 0.3) is 5.91 Å². The monoisotopic (exact) mass is 398 g/mol. The lowest BCUT2D eigenvalue weighted by Gasteiger charge is -2.31. The first-order valence-electron chi connectivity index (χ1n) is 9.62. The van der Waals surface area contributed by atoms with Crippen molar-refractivity contribution >= 4 is 11.8 Å². The van der Waals surface area contributed by atoms with Crippen molar-refractivity contribution in [2.24, 2.45) is 0 Å². The Morgan fingerprint density at radius 3 is 2.14 bits per heavy atom. The Morgan fingerprint density at radius 2 is 1.59 bits per heavy atom. The van der Waals surface area contributed by atoms with Gasteiger partial charge in [0.2, 0.25) is 5.91 Å². The summed E-state index contributed by atoms with van der Waals surface area (Å²) in [6, 6.07) is 16.0. The average Bonchev–Trinajstić information content (AvgIpc) is 2.69. The summed E-state index contributed by atoms with van der Waals surface area (Å²) in [6.45, 7) is 7.63. The van der Waals surface area contributed by atoms with Gasteiger partial charge in [-0.3, -0.25) is 9.59 Å². The molecule has 2 rings (SSSR count). The van der Waals surface area contributed by atoms with E-state index in [0.29, 0.717) is 18.0 Å². The van der Waals surface area contributed by atoms with Crippen LogP contribution in [0.1, 0.15) is 33.3 Å². The maximum atomic E-state index is 13.0. The van der Waals surface area contributed by atoms with E-state index in [2.05, 4.69) is 5.32 Å². The molecule has 6 nitrogen and oxygen atoms in total. The second-order valence-corrected chi connectivity index (χ2v) is 7.89. The Hall–Kier alpha value is -3.02. The zero-order chi connectivity index (χ0) is 21.4. The van der Waals surface area contributed by atoms with Crippen molar-refractivity contribution < 1.29 is 19.1 Å². The molecule has 6 heteroatoms. The van der Waals surface area contributed by atoms with Crippen LogP contribution in [0.25, 0.3) is 0 Å². The van der Waals surface area contributed by atoms with Gasteiger partial charge in [-0.25, -0.2) is 0 Å². The van der Waals surface area contributed by atoms with Gasteiger partial charge < -0.3 is 19.7 Å². The number of hydrogen-bond acceptors (Lipinski definition) is 4. The van der Waals surface area contributed by atoms with Gasteiger partial charge in [-0.15, -0.1) is 0 Å². The molecule has 0 fully saturated rings. The zero-order valence-corrected chi connectivity index (χ0v) is 17.8. The minimum absolute atomic E-state index is 0.160. The quantitative estimate of drug-likeness (QED) is 0.740. The fraction of sp³-hybridized carbons (Fsp3) is 0.391. The third-order valence-corrected chi connectivity index (χ3v) is 4.28. The lowest BCUT2D eigenvalue weighted by molar-refractivity contribution is -0.142. The minimum Gasteiger partial charge on any atom is -0.497 e. The van der Waals surface area contributed by atoms with Crippen LogP contribution in [0.2, 0.25) is 0 Å². The molecule has 1 atom stereocenters. The number of nitrogens with zero attached hydrogens (tertiary/aromatic N) is 1. The van der Waals surface area contributed by atoms with Gasteiger partial charge in [-0.05, 0) is 57.5 Å². The number of amides is 2. The van der Waals surface area contributed by atoms with Gasteiger partial charge in [0, 0.05) is 12.1 Å². The summed E-state index contributed by atoms with van der Waals surface area (Å²) in [7, 11) is 1.59. The van der Waals surface area contributed by atoms with E-state index in [-0.39, 0.29) is 24.0 Å². The molecule has 0 heterocycles. The first-order valence-corrected chi connectivity index (χ1v) is 9.62. The molecule has 1 N–H and O–H groups in total. The lowest BCUT2D eigenvalue weighted by atomic mass is 10.1. The van der Waals surface area contributed by atoms with Crippen molar-refractivity contribution in [3.05, 3.63) is 60.2 Å². The van der Waals surface area contributed by atoms with E-state index >= 15 is 0 Å². The molecule has 2 aromatic rings. The molecule has 2 aromatic carbocycles. The molecule has 0 aromatic heterocycles. The minimum atomic E-state index is -0.638. The topological polar surface area (TPSA) is 67.9 Å². The summed E-state index contributed by atoms with van der Waals surface area (Å²) >= 11 is 0. The fourth-order valence-corrected chi connectivity index (χ4v) is 2.74. The second-order valence-electron chi connectivity index (χ2n) is 7.89. The molecule has 0 saturated heterocycles. The van der Waals surface area contributed by atoms with E-state index in [4.69, 9.17) is 9.47 Å². The smallest absolute Gasteiger partial charge is 0.261 e. The first kappa shape index (κ1) is 22.3. The Balaban J connectivity index is 2.11. The number of rotatable bonds is 8. The van der Waals surface area contributed by atoms with E-state index in [9.17, 15) is 9.59 Å². The highest BCUT2D eigenvalue weighted by Gasteiger charge is 2.28. The molecule has 0 bridgehead atoms. The van der Waals surface area contributed by atoms with Crippen LogP contribution in [-0.2, 0) is 16.1 Å². The Labute approximate surface area is 172 Å². The van der Waals surface area contributed by atoms with Crippen LogP contribution < -0.4 is 14.8 Å². The molecular weight excluding hydrogens is 368 g/mol. The van der Waals surface area contributed by atoms with Crippen LogP contribution in [-0.4, -0.2) is 42.0 Å². The SMILES string of the molecule is COc1ccc(OCC(=O)N(Cc2ccccc2)[C@H](C)C(=O)NC(C)(C)C)cc1. The van der Waals surface area contributed by atoms with Crippen molar-refractivity contribution in [2.45, 2.75) is 45.8 Å². The highest BCUT2D eigenvalue weighted by Crippen LogP contribution is 2.18. The molecule has 0 aliphatic carbocycles. The van der Waals surface area contributed by atoms with Gasteiger partial charge in [0.1, 0.15) is 17.5 Å². The van der Waals surface area contributed by atoms with E-state index in [1.54, 1.807) is 43.2 Å². The van der Waals surface area contributed by atoms with Crippen LogP contribution in [0.5, 0.6) is 11.5 Å². The number of ether oxygens (including phenoxy) is 2. The highest BCUT2D eigenvalue weighted by atomic mass is 16.5. The summed E-state index contributed by atoms with van der Waals surface area (Å²) < 4.78 is 10.8. The Morgan fingerprint density at radius 1 is 1.00 bits per heavy atom. The molecular formula is C23H30N2O4. The van der Waals surface area contributed by atoms with Gasteiger partial charge in [0.05, 0.1) is 7.11 Å². The Bertz CT molecular complexity index is 798. The predicted molar refractivity (Wildman–Crippen MR) is 113 cm³/mol. The lowest BCUT2D eigenvalue weighted by Crippen LogP contribution is -2.53. The molecule has 29 heavy (non-hydrogen) atoms. The molecule has 2 amide bonds. The molecule has 0 unspecified atom stereocenters. The van der Waals surface area contributed by atoms with Crippen LogP contribution in [0.15, 0.2) is 54.6 Å². The van der Waals surface area contributed by atoms with Gasteiger partial charge >= 0.3 is 0 Å². The normalized spacial score (nSPS) is 12.0. The third-order valence-electron chi connectivity index (χ3n) is 4.28. The summed E-state index contributed by atoms with van der Waals surface area (Å²) in [4.78, 5) is 27.2. The molecule has 156 valence electrons. The van der Waals surface area contributed by atoms with Crippen molar-refractivity contribution in [3.8, 4) is 11.5 Å². The summed E-state index contributed by atoms with van der Waals surface area (Å²) in [5, 5.41) is 2.94. The summed E-state index contributed by atoms with van der Waals surface area (Å²) in [6.07, 6.45) is 0. The van der Waals surface area contributed by atoms with E-state index < -0.39 is 6.04 Å². The van der Waals surface area contributed by atoms with Crippen LogP contribution in [0, 0.1) is 0 Å². The first-order chi connectivity index (χ1) is 13.7. The highest BCUT2D eigenvalue weighted by molar-refractivity contribution is 5.88. The summed E-state index contributed by atoms with van der Waals surface area (Å²) in [5.41, 5.74) is 0.563. The van der Waals surface area contributed by atoms with Crippen molar-refractivity contribution in [3.63, 3.8) is 0 Å². The maximum absolute atomic E-state index is 13.0. The maximum Gasteiger partial charge on any atom is 0.261 e. The molecule has 0 aliphatic heterocycles. The van der Waals surface area contributed by atoms with E-state index in [1.165, 1.54) is 0 Å². The standard InChI is InChI=1S/C23H30N2O4/c1-17(22(27)24-23(2,3)4)25(15-18-9-7-6-8-10-18)21(26)16-29-20-13-11-19(28-5)12-14-20/h6-14,17H,15-16H2,1-5H3,(H,24,27)/t17-/m1/s1. The van der Waals surface area contributed by atoms with Crippen molar-refractivity contribution in [1.82, 2.24) is 10.2 Å². The molecule has 0 saturated carbocycles. The number of carbonyl (C=O) groups is 2. The second kappa shape index (κ2) is 9.96. The van der Waals surface area contributed by atoms with Gasteiger partial charge in [0.15, 0.2) is 6.61 Å². The number of nitrogens with one attached hydrogen (secondary N) is 1. The average molecular weight is 399 g/mol. The molecule has 0 spiro atoms. The van der Waals surface area contributed by atoms with Crippen LogP contribution in [0.3, 0.4) is 0 Å². The largest absolute Gasteiger partial charge is 0.497 e. The zero-order valence-electron chi connectivity index (χ0n) is 17.8. The predicted octanol–water partition coefficient (Wildman–Crippen LogP) is 3.41. The Kier molecular flexibility index (Phi) is 7.65. The van der Waals surface area contributed by atoms with Crippen molar-refractivity contribution in [2.75, 3.05) is 13.7 Å². The van der Waals surface area contributed by atoms with Gasteiger partial charge in [-0.1, -0.05) is 30.3 Å². The fourth-order valence-electron chi connectivity index (χ4n) is 2.74.